The summed E-state index contributed by atoms with van der Waals surface area (Å²) in [4.78, 5) is 6.59. The number of nitrogens with zero attached hydrogens (tertiary/aromatic N) is 4. The molecule has 2 aliphatic carbocycles. The molecule has 1 saturated heterocycles. The normalized spacial score (nSPS) is 29.8. The second kappa shape index (κ2) is 8.26. The lowest BCUT2D eigenvalue weighted by atomic mass is 10.0. The summed E-state index contributed by atoms with van der Waals surface area (Å²) < 4.78 is 32.0. The van der Waals surface area contributed by atoms with Crippen molar-refractivity contribution in [3.8, 4) is 17.0 Å². The first-order valence-corrected chi connectivity index (χ1v) is 11.5. The van der Waals surface area contributed by atoms with Gasteiger partial charge in [-0.2, -0.15) is 13.9 Å². The fourth-order valence-electron chi connectivity index (χ4n) is 5.89. The van der Waals surface area contributed by atoms with E-state index in [4.69, 9.17) is 10.8 Å². The van der Waals surface area contributed by atoms with Gasteiger partial charge in [-0.15, -0.1) is 0 Å². The Morgan fingerprint density at radius 1 is 1.25 bits per heavy atom. The standard InChI is InChI=1S/C23H31F2N5O2/c1-12(2)30-19(8-18(28-30)14-5-20(32-23(24)25)22(26)27-9-14)21-16-6-15(7-17(16)21)29-4-3-13(10-29)11-31/h5,8-9,12-13,15-17,21,23,31H,3-4,6-7,10-11H2,1-2H3,(H2,26,27)/t13-,15-,16-,17+,21+/m0/s1. The summed E-state index contributed by atoms with van der Waals surface area (Å²) in [5.41, 5.74) is 8.22. The smallest absolute Gasteiger partial charge is 0.387 e. The highest BCUT2D eigenvalue weighted by molar-refractivity contribution is 5.64. The maximum absolute atomic E-state index is 12.7. The molecule has 3 N–H and O–H groups in total. The van der Waals surface area contributed by atoms with Gasteiger partial charge in [-0.25, -0.2) is 4.98 Å². The Hall–Kier alpha value is -2.26. The van der Waals surface area contributed by atoms with Crippen LogP contribution >= 0.6 is 0 Å². The van der Waals surface area contributed by atoms with Crippen molar-refractivity contribution >= 4 is 5.82 Å². The predicted molar refractivity (Wildman–Crippen MR) is 116 cm³/mol. The summed E-state index contributed by atoms with van der Waals surface area (Å²) in [5, 5.41) is 14.2. The van der Waals surface area contributed by atoms with Gasteiger partial charge in [0.1, 0.15) is 0 Å². The number of nitrogen functional groups attached to an aromatic ring is 1. The van der Waals surface area contributed by atoms with Crippen LogP contribution in [0.4, 0.5) is 14.6 Å². The van der Waals surface area contributed by atoms with Crippen molar-refractivity contribution in [1.82, 2.24) is 19.7 Å². The summed E-state index contributed by atoms with van der Waals surface area (Å²) in [6.07, 6.45) is 5.05. The number of hydrogen-bond donors (Lipinski definition) is 2. The molecule has 0 amide bonds. The van der Waals surface area contributed by atoms with Gasteiger partial charge in [-0.1, -0.05) is 0 Å². The van der Waals surface area contributed by atoms with Crippen molar-refractivity contribution in [2.24, 2.45) is 17.8 Å². The first kappa shape index (κ1) is 21.6. The number of nitrogens with two attached hydrogens (primary N) is 1. The molecule has 7 nitrogen and oxygen atoms in total. The summed E-state index contributed by atoms with van der Waals surface area (Å²) in [5.74, 6) is 2.06. The molecule has 2 aromatic rings. The van der Waals surface area contributed by atoms with Crippen LogP contribution in [0.3, 0.4) is 0 Å². The number of anilines is 1. The van der Waals surface area contributed by atoms with Crippen LogP contribution in [0.15, 0.2) is 18.3 Å². The molecule has 5 rings (SSSR count). The van der Waals surface area contributed by atoms with E-state index in [-0.39, 0.29) is 17.6 Å². The van der Waals surface area contributed by atoms with Crippen LogP contribution in [0.2, 0.25) is 0 Å². The molecular weight excluding hydrogens is 416 g/mol. The molecule has 3 aliphatic rings. The number of alkyl halides is 2. The van der Waals surface area contributed by atoms with E-state index in [1.807, 2.05) is 0 Å². The van der Waals surface area contributed by atoms with E-state index >= 15 is 0 Å². The van der Waals surface area contributed by atoms with Crippen molar-refractivity contribution in [1.29, 1.82) is 0 Å². The largest absolute Gasteiger partial charge is 0.431 e. The van der Waals surface area contributed by atoms with Crippen LogP contribution in [0.25, 0.3) is 11.3 Å². The number of halogens is 2. The number of aliphatic hydroxyl groups is 1. The van der Waals surface area contributed by atoms with Gasteiger partial charge in [0.2, 0.25) is 0 Å². The van der Waals surface area contributed by atoms with Crippen molar-refractivity contribution in [2.45, 2.75) is 57.7 Å². The van der Waals surface area contributed by atoms with Gasteiger partial charge in [-0.3, -0.25) is 9.58 Å². The molecule has 9 heteroatoms. The van der Waals surface area contributed by atoms with Crippen LogP contribution in [0, 0.1) is 17.8 Å². The number of pyridine rings is 1. The summed E-state index contributed by atoms with van der Waals surface area (Å²) in [6.45, 7) is 3.66. The van der Waals surface area contributed by atoms with Gasteiger partial charge in [0.25, 0.3) is 0 Å². The van der Waals surface area contributed by atoms with Crippen LogP contribution in [0.5, 0.6) is 5.75 Å². The van der Waals surface area contributed by atoms with Gasteiger partial charge in [-0.05, 0) is 69.5 Å². The first-order chi connectivity index (χ1) is 15.4. The van der Waals surface area contributed by atoms with E-state index in [9.17, 15) is 13.9 Å². The minimum absolute atomic E-state index is 0.0642. The van der Waals surface area contributed by atoms with E-state index in [1.54, 1.807) is 6.20 Å². The fraction of sp³-hybridized carbons (Fsp3) is 0.652. The molecule has 5 atom stereocenters. The highest BCUT2D eigenvalue weighted by Crippen LogP contribution is 2.64. The Kier molecular flexibility index (Phi) is 5.57. The quantitative estimate of drug-likeness (QED) is 0.675. The molecule has 1 aliphatic heterocycles. The molecule has 0 unspecified atom stereocenters. The lowest BCUT2D eigenvalue weighted by Gasteiger charge is -2.26. The summed E-state index contributed by atoms with van der Waals surface area (Å²) in [6, 6.07) is 4.39. The first-order valence-electron chi connectivity index (χ1n) is 11.5. The Bertz CT molecular complexity index is 969. The third-order valence-electron chi connectivity index (χ3n) is 7.50. The van der Waals surface area contributed by atoms with Gasteiger partial charge < -0.3 is 15.6 Å². The SMILES string of the molecule is CC(C)n1nc(-c2cnc(N)c(OC(F)F)c2)cc1[C@H]1[C@@H]2C[C@@H](N3CC[C@H](CO)C3)C[C@@H]21. The second-order valence-electron chi connectivity index (χ2n) is 9.79. The van der Waals surface area contributed by atoms with Gasteiger partial charge in [0, 0.05) is 48.6 Å². The van der Waals surface area contributed by atoms with Crippen molar-refractivity contribution in [3.05, 3.63) is 24.0 Å². The number of fused-ring (bicyclic) bond motifs is 1. The third kappa shape index (κ3) is 3.85. The number of aromatic nitrogens is 3. The van der Waals surface area contributed by atoms with Crippen LogP contribution in [-0.4, -0.2) is 57.1 Å². The minimum Gasteiger partial charge on any atom is -0.431 e. The van der Waals surface area contributed by atoms with Crippen molar-refractivity contribution < 1.29 is 18.6 Å². The topological polar surface area (TPSA) is 89.4 Å². The van der Waals surface area contributed by atoms with Gasteiger partial charge >= 0.3 is 6.61 Å². The summed E-state index contributed by atoms with van der Waals surface area (Å²) >= 11 is 0. The molecule has 2 aromatic heterocycles. The third-order valence-corrected chi connectivity index (χ3v) is 7.50. The molecule has 0 radical (unpaired) electrons. The highest BCUT2D eigenvalue weighted by Gasteiger charge is 2.59. The van der Waals surface area contributed by atoms with E-state index in [1.165, 1.54) is 24.6 Å². The Balaban J connectivity index is 1.34. The lowest BCUT2D eigenvalue weighted by molar-refractivity contribution is -0.0494. The molecule has 0 bridgehead atoms. The van der Waals surface area contributed by atoms with Crippen LogP contribution in [0.1, 0.15) is 50.8 Å². The molecule has 3 fully saturated rings. The van der Waals surface area contributed by atoms with E-state index in [0.29, 0.717) is 47.6 Å². The van der Waals surface area contributed by atoms with Gasteiger partial charge in [0.15, 0.2) is 11.6 Å². The molecular formula is C23H31F2N5O2. The van der Waals surface area contributed by atoms with Gasteiger partial charge in [0.05, 0.1) is 5.69 Å². The molecule has 32 heavy (non-hydrogen) atoms. The Morgan fingerprint density at radius 3 is 2.62 bits per heavy atom. The van der Waals surface area contributed by atoms with Crippen molar-refractivity contribution in [2.75, 3.05) is 25.4 Å². The average molecular weight is 448 g/mol. The number of hydrogen-bond acceptors (Lipinski definition) is 6. The van der Waals surface area contributed by atoms with E-state index in [0.717, 1.165) is 19.5 Å². The van der Waals surface area contributed by atoms with Crippen LogP contribution < -0.4 is 10.5 Å². The van der Waals surface area contributed by atoms with E-state index < -0.39 is 6.61 Å². The monoisotopic (exact) mass is 447 g/mol. The Morgan fingerprint density at radius 2 is 2.00 bits per heavy atom. The zero-order chi connectivity index (χ0) is 22.6. The fourth-order valence-corrected chi connectivity index (χ4v) is 5.89. The average Bonchev–Trinajstić information content (AvgIpc) is 3.23. The number of ether oxygens (including phenoxy) is 1. The molecule has 0 spiro atoms. The number of rotatable bonds is 7. The summed E-state index contributed by atoms with van der Waals surface area (Å²) in [7, 11) is 0. The number of likely N-dealkylation sites (tertiary alicyclic amines) is 1. The van der Waals surface area contributed by atoms with Crippen LogP contribution in [-0.2, 0) is 0 Å². The molecule has 2 saturated carbocycles. The maximum Gasteiger partial charge on any atom is 0.387 e. The maximum atomic E-state index is 12.7. The molecule has 0 aromatic carbocycles. The van der Waals surface area contributed by atoms with E-state index in [2.05, 4.69) is 39.2 Å². The second-order valence-corrected chi connectivity index (χ2v) is 9.79. The number of aliphatic hydroxyl groups excluding tert-OH is 1. The highest BCUT2D eigenvalue weighted by atomic mass is 19.3. The predicted octanol–water partition coefficient (Wildman–Crippen LogP) is 3.52. The Labute approximate surface area is 186 Å². The minimum atomic E-state index is -2.96. The zero-order valence-electron chi connectivity index (χ0n) is 18.5. The zero-order valence-corrected chi connectivity index (χ0v) is 18.5. The lowest BCUT2D eigenvalue weighted by Crippen LogP contribution is -2.33. The molecule has 174 valence electrons. The molecule has 3 heterocycles. The van der Waals surface area contributed by atoms with Crippen molar-refractivity contribution in [3.63, 3.8) is 0 Å².